The van der Waals surface area contributed by atoms with Gasteiger partial charge in [-0.1, -0.05) is 36.4 Å². The Hall–Kier alpha value is -5.21. The van der Waals surface area contributed by atoms with Gasteiger partial charge in [-0.15, -0.1) is 23.1 Å². The first-order valence-electron chi connectivity index (χ1n) is 15.8. The number of nitrogens with one attached hydrogen (secondary N) is 2. The highest BCUT2D eigenvalue weighted by atomic mass is 32.2. The van der Waals surface area contributed by atoms with Crippen LogP contribution in [0, 0.1) is 10.1 Å². The first-order chi connectivity index (χ1) is 23.8. The van der Waals surface area contributed by atoms with Gasteiger partial charge in [-0.05, 0) is 75.6 Å². The third kappa shape index (κ3) is 8.87. The monoisotopic (exact) mass is 716 g/mol. The normalized spacial score (nSPS) is 13.1. The number of non-ortho nitro benzene ring substituents is 1. The van der Waals surface area contributed by atoms with E-state index in [-0.39, 0.29) is 35.9 Å². The molecule has 1 aliphatic rings. The lowest BCUT2D eigenvalue weighted by molar-refractivity contribution is -0.384. The van der Waals surface area contributed by atoms with Crippen LogP contribution in [0.5, 0.6) is 0 Å². The number of thioether (sulfide) groups is 1. The van der Waals surface area contributed by atoms with Gasteiger partial charge in [-0.3, -0.25) is 19.7 Å². The van der Waals surface area contributed by atoms with E-state index in [4.69, 9.17) is 9.47 Å². The number of ether oxygens (including phenoxy) is 2. The number of benzene rings is 3. The standard InChI is InChI=1S/C36H36N4O8S2/c1-5-47-34(43)29-27-18-19-39(35(44)48-36(2,3)4)21-28(27)50-33(29)38-32(42)30(22-10-7-6-8-11-22)49-26-13-9-12-24(20-26)37-31(41)23-14-16-25(17-15-23)40(45)46/h6-17,20,30H,5,18-19,21H2,1-4H3,(H,37,41)(H,38,42). The molecule has 5 rings (SSSR count). The second-order valence-corrected chi connectivity index (χ2v) is 14.5. The Kier molecular flexibility index (Phi) is 11.2. The van der Waals surface area contributed by atoms with Gasteiger partial charge < -0.3 is 25.0 Å². The number of amides is 3. The lowest BCUT2D eigenvalue weighted by atomic mass is 10.0. The second kappa shape index (κ2) is 15.6. The Morgan fingerprint density at radius 1 is 1.00 bits per heavy atom. The van der Waals surface area contributed by atoms with Crippen molar-refractivity contribution in [3.63, 3.8) is 0 Å². The van der Waals surface area contributed by atoms with Gasteiger partial charge in [0.1, 0.15) is 15.9 Å². The highest BCUT2D eigenvalue weighted by Gasteiger charge is 2.34. The molecule has 2 heterocycles. The van der Waals surface area contributed by atoms with Gasteiger partial charge in [0.05, 0.1) is 23.6 Å². The Morgan fingerprint density at radius 3 is 2.38 bits per heavy atom. The molecule has 4 aromatic rings. The summed E-state index contributed by atoms with van der Waals surface area (Å²) in [6, 6.07) is 21.5. The number of fused-ring (bicyclic) bond motifs is 1. The molecule has 50 heavy (non-hydrogen) atoms. The van der Waals surface area contributed by atoms with E-state index in [0.717, 1.165) is 10.4 Å². The molecule has 2 N–H and O–H groups in total. The molecule has 260 valence electrons. The van der Waals surface area contributed by atoms with Gasteiger partial charge in [0.25, 0.3) is 11.6 Å². The van der Waals surface area contributed by atoms with E-state index in [9.17, 15) is 29.3 Å². The van der Waals surface area contributed by atoms with E-state index < -0.39 is 33.7 Å². The maximum atomic E-state index is 14.1. The summed E-state index contributed by atoms with van der Waals surface area (Å²) in [6.45, 7) is 7.84. The van der Waals surface area contributed by atoms with Crippen molar-refractivity contribution in [3.05, 3.63) is 116 Å². The molecule has 1 unspecified atom stereocenters. The van der Waals surface area contributed by atoms with Crippen LogP contribution >= 0.6 is 23.1 Å². The number of carbonyl (C=O) groups excluding carboxylic acids is 4. The van der Waals surface area contributed by atoms with Crippen molar-refractivity contribution < 1.29 is 33.6 Å². The molecule has 0 spiro atoms. The van der Waals surface area contributed by atoms with Crippen molar-refractivity contribution in [2.75, 3.05) is 23.8 Å². The molecule has 1 atom stereocenters. The number of nitro groups is 1. The number of anilines is 2. The summed E-state index contributed by atoms with van der Waals surface area (Å²) in [5.74, 6) is -1.38. The molecule has 1 aromatic heterocycles. The van der Waals surface area contributed by atoms with E-state index in [1.54, 1.807) is 50.8 Å². The zero-order valence-electron chi connectivity index (χ0n) is 27.9. The molecule has 0 radical (unpaired) electrons. The maximum absolute atomic E-state index is 14.1. The van der Waals surface area contributed by atoms with Crippen molar-refractivity contribution >= 4 is 63.4 Å². The minimum Gasteiger partial charge on any atom is -0.462 e. The highest BCUT2D eigenvalue weighted by molar-refractivity contribution is 8.00. The summed E-state index contributed by atoms with van der Waals surface area (Å²) in [5, 5.41) is 16.4. The summed E-state index contributed by atoms with van der Waals surface area (Å²) >= 11 is 2.50. The maximum Gasteiger partial charge on any atom is 0.410 e. The van der Waals surface area contributed by atoms with Crippen LogP contribution in [-0.4, -0.2) is 52.5 Å². The Bertz CT molecular complexity index is 1910. The summed E-state index contributed by atoms with van der Waals surface area (Å²) in [6.07, 6.45) is -0.0591. The lowest BCUT2D eigenvalue weighted by Gasteiger charge is -2.30. The number of carbonyl (C=O) groups is 4. The van der Waals surface area contributed by atoms with Gasteiger partial charge in [-0.2, -0.15) is 0 Å². The third-order valence-electron chi connectivity index (χ3n) is 7.45. The first kappa shape index (κ1) is 36.1. The molecule has 1 aliphatic heterocycles. The number of hydrogen-bond donors (Lipinski definition) is 2. The van der Waals surface area contributed by atoms with Crippen LogP contribution in [0.1, 0.15) is 69.7 Å². The molecule has 3 amide bonds. The van der Waals surface area contributed by atoms with Gasteiger partial charge >= 0.3 is 12.1 Å². The van der Waals surface area contributed by atoms with Crippen molar-refractivity contribution in [2.24, 2.45) is 0 Å². The molecule has 3 aromatic carbocycles. The number of thiophene rings is 1. The van der Waals surface area contributed by atoms with Crippen LogP contribution in [0.4, 0.5) is 21.2 Å². The lowest BCUT2D eigenvalue weighted by Crippen LogP contribution is -2.39. The van der Waals surface area contributed by atoms with E-state index in [1.807, 2.05) is 36.4 Å². The molecule has 0 saturated carbocycles. The van der Waals surface area contributed by atoms with E-state index >= 15 is 0 Å². The Balaban J connectivity index is 1.39. The van der Waals surface area contributed by atoms with Crippen LogP contribution in [0.3, 0.4) is 0 Å². The van der Waals surface area contributed by atoms with Gasteiger partial charge in [0.15, 0.2) is 0 Å². The SMILES string of the molecule is CCOC(=O)c1c(NC(=O)C(Sc2cccc(NC(=O)c3ccc([N+](=O)[O-])cc3)c2)c2ccccc2)sc2c1CCN(C(=O)OC(C)(C)C)C2. The van der Waals surface area contributed by atoms with Gasteiger partial charge in [-0.25, -0.2) is 9.59 Å². The fourth-order valence-electron chi connectivity index (χ4n) is 5.19. The van der Waals surface area contributed by atoms with Crippen molar-refractivity contribution in [1.82, 2.24) is 4.90 Å². The highest BCUT2D eigenvalue weighted by Crippen LogP contribution is 2.41. The molecule has 0 bridgehead atoms. The van der Waals surface area contributed by atoms with Crippen LogP contribution in [0.25, 0.3) is 0 Å². The first-order valence-corrected chi connectivity index (χ1v) is 17.5. The summed E-state index contributed by atoms with van der Waals surface area (Å²) in [7, 11) is 0. The average Bonchev–Trinajstić information content (AvgIpc) is 3.44. The zero-order chi connectivity index (χ0) is 36.0. The predicted octanol–water partition coefficient (Wildman–Crippen LogP) is 7.85. The minimum absolute atomic E-state index is 0.120. The number of esters is 1. The van der Waals surface area contributed by atoms with Crippen LogP contribution in [0.2, 0.25) is 0 Å². The van der Waals surface area contributed by atoms with E-state index in [0.29, 0.717) is 34.1 Å². The number of rotatable bonds is 10. The number of nitro benzene ring substituents is 1. The number of hydrogen-bond acceptors (Lipinski definition) is 10. The molecule has 0 fully saturated rings. The smallest absolute Gasteiger partial charge is 0.410 e. The molecule has 0 saturated heterocycles. The molecule has 12 nitrogen and oxygen atoms in total. The second-order valence-electron chi connectivity index (χ2n) is 12.3. The van der Waals surface area contributed by atoms with Crippen molar-refractivity contribution in [3.8, 4) is 0 Å². The molecule has 0 aliphatic carbocycles. The zero-order valence-corrected chi connectivity index (χ0v) is 29.5. The quantitative estimate of drug-likeness (QED) is 0.0722. The third-order valence-corrected chi connectivity index (χ3v) is 9.83. The van der Waals surface area contributed by atoms with Gasteiger partial charge in [0.2, 0.25) is 5.91 Å². The van der Waals surface area contributed by atoms with Crippen molar-refractivity contribution in [1.29, 1.82) is 0 Å². The average molecular weight is 717 g/mol. The predicted molar refractivity (Wildman–Crippen MR) is 192 cm³/mol. The van der Waals surface area contributed by atoms with Crippen molar-refractivity contribution in [2.45, 2.75) is 56.4 Å². The van der Waals surface area contributed by atoms with Crippen LogP contribution < -0.4 is 10.6 Å². The van der Waals surface area contributed by atoms with Crippen LogP contribution in [0.15, 0.2) is 83.8 Å². The Labute approximate surface area is 297 Å². The largest absolute Gasteiger partial charge is 0.462 e. The topological polar surface area (TPSA) is 157 Å². The van der Waals surface area contributed by atoms with E-state index in [2.05, 4.69) is 10.6 Å². The molecule has 14 heteroatoms. The summed E-state index contributed by atoms with van der Waals surface area (Å²) in [4.78, 5) is 66.6. The molecular formula is C36H36N4O8S2. The Morgan fingerprint density at radius 2 is 1.72 bits per heavy atom. The fourth-order valence-corrected chi connectivity index (χ4v) is 7.53. The minimum atomic E-state index is -0.760. The molecular weight excluding hydrogens is 681 g/mol. The fraction of sp³-hybridized carbons (Fsp3) is 0.278. The van der Waals surface area contributed by atoms with E-state index in [1.165, 1.54) is 47.4 Å². The van der Waals surface area contributed by atoms with Crippen LogP contribution in [-0.2, 0) is 27.2 Å². The summed E-state index contributed by atoms with van der Waals surface area (Å²) < 4.78 is 11.0. The van der Waals surface area contributed by atoms with Gasteiger partial charge in [0, 0.05) is 39.7 Å². The summed E-state index contributed by atoms with van der Waals surface area (Å²) in [5.41, 5.74) is 1.68. The number of nitrogens with zero attached hydrogens (tertiary/aromatic N) is 2.